The van der Waals surface area contributed by atoms with Crippen molar-refractivity contribution < 1.29 is 28.2 Å². The molecule has 5 rings (SSSR count). The quantitative estimate of drug-likeness (QED) is 0.168. The number of rotatable bonds is 11. The zero-order valence-corrected chi connectivity index (χ0v) is 22.2. The molecule has 1 amide bonds. The van der Waals surface area contributed by atoms with E-state index in [0.29, 0.717) is 36.9 Å². The van der Waals surface area contributed by atoms with E-state index in [9.17, 15) is 18.8 Å². The van der Waals surface area contributed by atoms with Crippen LogP contribution in [-0.2, 0) is 25.7 Å². The van der Waals surface area contributed by atoms with Crippen molar-refractivity contribution in [2.45, 2.75) is 19.4 Å². The number of amides is 1. The second kappa shape index (κ2) is 10.9. The van der Waals surface area contributed by atoms with Gasteiger partial charge in [0, 0.05) is 40.7 Å². The summed E-state index contributed by atoms with van der Waals surface area (Å²) in [5.41, 5.74) is 0.811. The summed E-state index contributed by atoms with van der Waals surface area (Å²) in [6.45, 7) is 0.852. The molecule has 0 aliphatic heterocycles. The molecule has 3 heterocycles. The first-order valence-corrected chi connectivity index (χ1v) is 13.0. The lowest BCUT2D eigenvalue weighted by Gasteiger charge is -2.11. The number of esters is 1. The summed E-state index contributed by atoms with van der Waals surface area (Å²) >= 11 is 1.43. The van der Waals surface area contributed by atoms with Crippen LogP contribution in [-0.4, -0.2) is 65.1 Å². The molecule has 202 valence electrons. The third-order valence-electron chi connectivity index (χ3n) is 6.20. The summed E-state index contributed by atoms with van der Waals surface area (Å²) in [6, 6.07) is 7.69. The number of hydrogen-bond donors (Lipinski definition) is 1. The van der Waals surface area contributed by atoms with Gasteiger partial charge in [0.1, 0.15) is 24.1 Å². The maximum absolute atomic E-state index is 14.9. The maximum atomic E-state index is 14.9. The van der Waals surface area contributed by atoms with E-state index in [2.05, 4.69) is 15.4 Å². The van der Waals surface area contributed by atoms with Gasteiger partial charge in [-0.05, 0) is 45.1 Å². The molecule has 0 bridgehead atoms. The smallest absolute Gasteiger partial charge is 0.320 e. The van der Waals surface area contributed by atoms with E-state index in [4.69, 9.17) is 9.47 Å². The molecule has 3 aromatic heterocycles. The number of pyridine rings is 1. The van der Waals surface area contributed by atoms with Crippen molar-refractivity contribution in [2.24, 2.45) is 5.41 Å². The predicted octanol–water partition coefficient (Wildman–Crippen LogP) is 4.11. The molecule has 1 N–H and O–H groups in total. The van der Waals surface area contributed by atoms with Crippen molar-refractivity contribution in [3.8, 4) is 21.9 Å². The van der Waals surface area contributed by atoms with Crippen molar-refractivity contribution in [3.05, 3.63) is 54.7 Å². The molecule has 0 atom stereocenters. The average molecular weight is 552 g/mol. The minimum Gasteiger partial charge on any atom is -0.463 e. The second-order valence-electron chi connectivity index (χ2n) is 9.56. The number of benzene rings is 1. The molecule has 0 spiro atoms. The standard InChI is InChI=1S/C27H26FN5O5S/c1-32(2)15-24(35)37-10-9-33-14-17(13-30-33)23-12-20-25(39-23)22(5-8-29-20)38-21-4-3-18(11-19(21)28)31-26(36)27(16-34)6-7-27/h3-5,8,11-14,16H,6-7,9-10,15H2,1-2H3,(H,31,36). The Morgan fingerprint density at radius 2 is 2.05 bits per heavy atom. The third-order valence-corrected chi connectivity index (χ3v) is 7.39. The van der Waals surface area contributed by atoms with Crippen LogP contribution >= 0.6 is 11.3 Å². The number of nitrogens with one attached hydrogen (secondary N) is 1. The fraction of sp³-hybridized carbons (Fsp3) is 0.296. The number of ether oxygens (including phenoxy) is 2. The molecule has 39 heavy (non-hydrogen) atoms. The van der Waals surface area contributed by atoms with Crippen molar-refractivity contribution in [1.29, 1.82) is 0 Å². The van der Waals surface area contributed by atoms with Gasteiger partial charge in [-0.2, -0.15) is 5.10 Å². The minimum atomic E-state index is -0.986. The van der Waals surface area contributed by atoms with E-state index in [1.807, 2.05) is 12.3 Å². The Hall–Kier alpha value is -4.16. The van der Waals surface area contributed by atoms with Gasteiger partial charge in [-0.3, -0.25) is 24.2 Å². The van der Waals surface area contributed by atoms with E-state index >= 15 is 0 Å². The van der Waals surface area contributed by atoms with Crippen LogP contribution in [0.5, 0.6) is 11.5 Å². The SMILES string of the molecule is CN(C)CC(=O)OCCn1cc(-c2cc3nccc(Oc4ccc(NC(=O)C5(C=O)CC5)cc4F)c3s2)cn1. The normalized spacial score (nSPS) is 13.8. The summed E-state index contributed by atoms with van der Waals surface area (Å²) < 4.78 is 28.4. The molecule has 1 aliphatic carbocycles. The summed E-state index contributed by atoms with van der Waals surface area (Å²) in [5.74, 6) is -0.955. The average Bonchev–Trinajstić information content (AvgIpc) is 3.34. The number of carbonyl (C=O) groups is 3. The number of nitrogens with zero attached hydrogens (tertiary/aromatic N) is 4. The van der Waals surface area contributed by atoms with Gasteiger partial charge in [-0.25, -0.2) is 4.39 Å². The molecular weight excluding hydrogens is 525 g/mol. The number of halogens is 1. The number of hydrogen-bond acceptors (Lipinski definition) is 9. The predicted molar refractivity (Wildman–Crippen MR) is 143 cm³/mol. The Bertz CT molecular complexity index is 1540. The van der Waals surface area contributed by atoms with Crippen LogP contribution in [0.15, 0.2) is 48.9 Å². The van der Waals surface area contributed by atoms with Gasteiger partial charge in [-0.1, -0.05) is 0 Å². The van der Waals surface area contributed by atoms with Crippen LogP contribution in [0.1, 0.15) is 12.8 Å². The largest absolute Gasteiger partial charge is 0.463 e. The van der Waals surface area contributed by atoms with Crippen LogP contribution < -0.4 is 10.1 Å². The molecule has 0 unspecified atom stereocenters. The fourth-order valence-electron chi connectivity index (χ4n) is 3.88. The molecular formula is C27H26FN5O5S. The van der Waals surface area contributed by atoms with Crippen molar-refractivity contribution in [1.82, 2.24) is 19.7 Å². The molecule has 1 aliphatic rings. The highest BCUT2D eigenvalue weighted by Crippen LogP contribution is 2.44. The monoisotopic (exact) mass is 551 g/mol. The van der Waals surface area contributed by atoms with Gasteiger partial charge in [0.25, 0.3) is 0 Å². The van der Waals surface area contributed by atoms with Gasteiger partial charge in [0.15, 0.2) is 11.6 Å². The highest BCUT2D eigenvalue weighted by atomic mass is 32.1. The number of aldehydes is 1. The lowest BCUT2D eigenvalue weighted by atomic mass is 10.1. The molecule has 12 heteroatoms. The van der Waals surface area contributed by atoms with Gasteiger partial charge < -0.3 is 19.6 Å². The summed E-state index contributed by atoms with van der Waals surface area (Å²) in [7, 11) is 3.60. The summed E-state index contributed by atoms with van der Waals surface area (Å²) in [4.78, 5) is 42.2. The van der Waals surface area contributed by atoms with E-state index in [0.717, 1.165) is 15.1 Å². The zero-order valence-electron chi connectivity index (χ0n) is 21.3. The lowest BCUT2D eigenvalue weighted by Crippen LogP contribution is -2.25. The number of carbonyl (C=O) groups excluding carboxylic acids is 3. The van der Waals surface area contributed by atoms with Crippen molar-refractivity contribution in [2.75, 3.05) is 32.6 Å². The zero-order chi connectivity index (χ0) is 27.6. The van der Waals surface area contributed by atoms with Crippen molar-refractivity contribution in [3.63, 3.8) is 0 Å². The Kier molecular flexibility index (Phi) is 7.40. The molecule has 4 aromatic rings. The van der Waals surface area contributed by atoms with Gasteiger partial charge in [0.05, 0.1) is 29.5 Å². The van der Waals surface area contributed by atoms with E-state index in [-0.39, 0.29) is 30.6 Å². The first-order chi connectivity index (χ1) is 18.8. The molecule has 1 saturated carbocycles. The molecule has 0 saturated heterocycles. The highest BCUT2D eigenvalue weighted by molar-refractivity contribution is 7.22. The second-order valence-corrected chi connectivity index (χ2v) is 10.6. The maximum Gasteiger partial charge on any atom is 0.320 e. The van der Waals surface area contributed by atoms with Gasteiger partial charge in [-0.15, -0.1) is 11.3 Å². The Morgan fingerprint density at radius 1 is 1.23 bits per heavy atom. The van der Waals surface area contributed by atoms with Crippen LogP contribution in [0.2, 0.25) is 0 Å². The number of likely N-dealkylation sites (N-methyl/N-ethyl adjacent to an activating group) is 1. The molecule has 0 radical (unpaired) electrons. The third kappa shape index (κ3) is 5.96. The lowest BCUT2D eigenvalue weighted by molar-refractivity contribution is -0.144. The fourth-order valence-corrected chi connectivity index (χ4v) is 4.92. The van der Waals surface area contributed by atoms with Crippen LogP contribution in [0, 0.1) is 11.2 Å². The van der Waals surface area contributed by atoms with Gasteiger partial charge >= 0.3 is 5.97 Å². The first-order valence-electron chi connectivity index (χ1n) is 12.2. The van der Waals surface area contributed by atoms with Crippen LogP contribution in [0.3, 0.4) is 0 Å². The summed E-state index contributed by atoms with van der Waals surface area (Å²) in [6.07, 6.45) is 6.81. The van der Waals surface area contributed by atoms with Crippen LogP contribution in [0.4, 0.5) is 10.1 Å². The Morgan fingerprint density at radius 3 is 2.77 bits per heavy atom. The minimum absolute atomic E-state index is 0.0106. The Labute approximate surface area is 227 Å². The number of thiophene rings is 1. The Balaban J connectivity index is 1.27. The highest BCUT2D eigenvalue weighted by Gasteiger charge is 2.50. The topological polar surface area (TPSA) is 116 Å². The van der Waals surface area contributed by atoms with E-state index < -0.39 is 17.1 Å². The number of anilines is 1. The summed E-state index contributed by atoms with van der Waals surface area (Å²) in [5, 5.41) is 6.94. The van der Waals surface area contributed by atoms with E-state index in [1.165, 1.54) is 29.5 Å². The molecule has 1 fully saturated rings. The number of aromatic nitrogens is 3. The van der Waals surface area contributed by atoms with E-state index in [1.54, 1.807) is 42.1 Å². The molecule has 10 nitrogen and oxygen atoms in total. The van der Waals surface area contributed by atoms with Crippen molar-refractivity contribution >= 4 is 45.4 Å². The first kappa shape index (κ1) is 26.4. The van der Waals surface area contributed by atoms with Crippen LogP contribution in [0.25, 0.3) is 20.7 Å². The van der Waals surface area contributed by atoms with Gasteiger partial charge in [0.2, 0.25) is 5.91 Å². The molecule has 1 aromatic carbocycles. The number of fused-ring (bicyclic) bond motifs is 1.